The van der Waals surface area contributed by atoms with Crippen molar-refractivity contribution in [2.45, 2.75) is 338 Å². The number of unbranched alkanes of at least 4 members (excludes halogenated alkanes) is 35. The number of hydrogen-bond acceptors (Lipinski definition) is 13. The Morgan fingerprint density at radius 1 is 0.467 bits per heavy atom. The van der Waals surface area contributed by atoms with E-state index in [-0.39, 0.29) is 18.9 Å². The zero-order valence-corrected chi connectivity index (χ0v) is 47.6. The standard InChI is InChI=1S/C61H115NO13/c1-3-5-7-9-11-13-15-17-19-20-21-22-23-24-25-26-27-28-29-30-31-32-34-36-38-40-42-44-50(65)49(62-53(66)45-43-41-39-37-35-33-18-16-14-12-10-8-6-4-2)48-72-60-58(71)56(69)59(52(47-64)74-60)75-61-57(70)55(68)54(67)51(46-63)73-61/h34,36,42,44,49-52,54-61,63-65,67-71H,3-33,35,37-41,43,45-48H2,1-2H3,(H,62,66)/b36-34+,44-42+. The van der Waals surface area contributed by atoms with E-state index in [1.165, 1.54) is 199 Å². The molecule has 0 aromatic carbocycles. The van der Waals surface area contributed by atoms with Crippen molar-refractivity contribution < 1.29 is 64.6 Å². The molecule has 2 saturated heterocycles. The lowest BCUT2D eigenvalue weighted by molar-refractivity contribution is -0.359. The van der Waals surface area contributed by atoms with E-state index >= 15 is 0 Å². The van der Waals surface area contributed by atoms with Gasteiger partial charge in [-0.15, -0.1) is 0 Å². The topological polar surface area (TPSA) is 228 Å². The Hall–Kier alpha value is -1.53. The first-order chi connectivity index (χ1) is 36.6. The average molecular weight is 1070 g/mol. The molecule has 14 nitrogen and oxygen atoms in total. The fraction of sp³-hybridized carbons (Fsp3) is 0.918. The first-order valence-electron chi connectivity index (χ1n) is 31.1. The van der Waals surface area contributed by atoms with Crippen LogP contribution in [0.4, 0.5) is 0 Å². The molecule has 0 spiro atoms. The minimum Gasteiger partial charge on any atom is -0.394 e. The van der Waals surface area contributed by atoms with Crippen molar-refractivity contribution >= 4 is 5.91 Å². The molecule has 14 heteroatoms. The van der Waals surface area contributed by atoms with Crippen LogP contribution in [0.3, 0.4) is 0 Å². The number of nitrogens with one attached hydrogen (secondary N) is 1. The van der Waals surface area contributed by atoms with Gasteiger partial charge in [0, 0.05) is 6.42 Å². The Bertz CT molecular complexity index is 1350. The van der Waals surface area contributed by atoms with E-state index in [9.17, 15) is 45.6 Å². The Morgan fingerprint density at radius 3 is 1.31 bits per heavy atom. The van der Waals surface area contributed by atoms with Gasteiger partial charge in [0.25, 0.3) is 0 Å². The quantitative estimate of drug-likeness (QED) is 0.0204. The second-order valence-electron chi connectivity index (χ2n) is 22.2. The van der Waals surface area contributed by atoms with E-state index in [1.807, 2.05) is 6.08 Å². The van der Waals surface area contributed by atoms with Crippen LogP contribution >= 0.6 is 0 Å². The molecule has 75 heavy (non-hydrogen) atoms. The van der Waals surface area contributed by atoms with Crippen LogP contribution in [0, 0.1) is 0 Å². The number of amides is 1. The van der Waals surface area contributed by atoms with Crippen LogP contribution in [-0.4, -0.2) is 140 Å². The molecule has 2 fully saturated rings. The minimum atomic E-state index is -1.79. The normalized spacial score (nSPS) is 25.1. The summed E-state index contributed by atoms with van der Waals surface area (Å²) in [4.78, 5) is 13.2. The van der Waals surface area contributed by atoms with Crippen LogP contribution in [0.2, 0.25) is 0 Å². The lowest BCUT2D eigenvalue weighted by atomic mass is 9.97. The molecule has 2 heterocycles. The number of hydrogen-bond donors (Lipinski definition) is 9. The van der Waals surface area contributed by atoms with Gasteiger partial charge in [0.05, 0.1) is 32.0 Å². The molecule has 2 aliphatic heterocycles. The summed E-state index contributed by atoms with van der Waals surface area (Å²) in [5.74, 6) is -0.246. The number of carbonyl (C=O) groups is 1. The maximum Gasteiger partial charge on any atom is 0.220 e. The fourth-order valence-electron chi connectivity index (χ4n) is 10.4. The lowest BCUT2D eigenvalue weighted by Crippen LogP contribution is -2.65. The van der Waals surface area contributed by atoms with Crippen LogP contribution in [0.5, 0.6) is 0 Å². The molecule has 1 amide bonds. The summed E-state index contributed by atoms with van der Waals surface area (Å²) < 4.78 is 22.8. The molecular formula is C61H115NO13. The van der Waals surface area contributed by atoms with Crippen molar-refractivity contribution in [1.29, 1.82) is 0 Å². The van der Waals surface area contributed by atoms with Gasteiger partial charge in [-0.1, -0.05) is 250 Å². The number of allylic oxidation sites excluding steroid dienone is 3. The van der Waals surface area contributed by atoms with Crippen molar-refractivity contribution in [3.63, 3.8) is 0 Å². The maximum absolute atomic E-state index is 13.2. The Morgan fingerprint density at radius 2 is 0.853 bits per heavy atom. The first-order valence-corrected chi connectivity index (χ1v) is 31.1. The number of aliphatic hydroxyl groups is 8. The van der Waals surface area contributed by atoms with Gasteiger partial charge in [-0.2, -0.15) is 0 Å². The second kappa shape index (κ2) is 47.3. The molecule has 0 aromatic rings. The number of aliphatic hydroxyl groups excluding tert-OH is 8. The lowest BCUT2D eigenvalue weighted by Gasteiger charge is -2.46. The van der Waals surface area contributed by atoms with Crippen LogP contribution in [0.25, 0.3) is 0 Å². The van der Waals surface area contributed by atoms with E-state index < -0.39 is 86.8 Å². The number of ether oxygens (including phenoxy) is 4. The summed E-state index contributed by atoms with van der Waals surface area (Å²) in [6, 6.07) is -0.927. The van der Waals surface area contributed by atoms with Gasteiger partial charge in [-0.3, -0.25) is 4.79 Å². The molecule has 12 atom stereocenters. The SMILES string of the molecule is CCCCCCCCCCCCCCCCCCCCCCC/C=C/CC/C=C/C(O)C(COC1OC(CO)C(OC2OC(CO)C(O)C(O)C2O)C(O)C1O)NC(=O)CCCCCCCCCCCCCCCC. The molecular weight excluding hydrogens is 955 g/mol. The van der Waals surface area contributed by atoms with E-state index in [0.717, 1.165) is 32.1 Å². The summed E-state index contributed by atoms with van der Waals surface area (Å²) >= 11 is 0. The van der Waals surface area contributed by atoms with Gasteiger partial charge >= 0.3 is 0 Å². The molecule has 0 radical (unpaired) electrons. The van der Waals surface area contributed by atoms with Gasteiger partial charge in [0.2, 0.25) is 5.91 Å². The zero-order valence-electron chi connectivity index (χ0n) is 47.6. The Labute approximate surface area is 456 Å². The van der Waals surface area contributed by atoms with Crippen LogP contribution < -0.4 is 5.32 Å². The first kappa shape index (κ1) is 69.6. The molecule has 2 aliphatic rings. The van der Waals surface area contributed by atoms with E-state index in [4.69, 9.17) is 18.9 Å². The molecule has 0 aliphatic carbocycles. The number of carbonyl (C=O) groups excluding carboxylic acids is 1. The van der Waals surface area contributed by atoms with Crippen molar-refractivity contribution in [2.24, 2.45) is 0 Å². The monoisotopic (exact) mass is 1070 g/mol. The van der Waals surface area contributed by atoms with Gasteiger partial charge in [0.1, 0.15) is 48.8 Å². The predicted octanol–water partition coefficient (Wildman–Crippen LogP) is 10.8. The molecule has 442 valence electrons. The number of rotatable bonds is 50. The van der Waals surface area contributed by atoms with Crippen molar-refractivity contribution in [2.75, 3.05) is 19.8 Å². The molecule has 9 N–H and O–H groups in total. The Kier molecular flexibility index (Phi) is 43.9. The molecule has 12 unspecified atom stereocenters. The highest BCUT2D eigenvalue weighted by Crippen LogP contribution is 2.30. The van der Waals surface area contributed by atoms with Crippen molar-refractivity contribution in [3.05, 3.63) is 24.3 Å². The predicted molar refractivity (Wildman–Crippen MR) is 300 cm³/mol. The summed E-state index contributed by atoms with van der Waals surface area (Å²) in [5.41, 5.74) is 0. The van der Waals surface area contributed by atoms with Gasteiger partial charge < -0.3 is 65.1 Å². The van der Waals surface area contributed by atoms with E-state index in [1.54, 1.807) is 6.08 Å². The second-order valence-corrected chi connectivity index (χ2v) is 22.2. The van der Waals surface area contributed by atoms with Gasteiger partial charge in [-0.25, -0.2) is 0 Å². The molecule has 0 saturated carbocycles. The van der Waals surface area contributed by atoms with Crippen molar-refractivity contribution in [3.8, 4) is 0 Å². The van der Waals surface area contributed by atoms with Crippen LogP contribution in [-0.2, 0) is 23.7 Å². The van der Waals surface area contributed by atoms with Gasteiger partial charge in [0.15, 0.2) is 12.6 Å². The molecule has 0 bridgehead atoms. The summed E-state index contributed by atoms with van der Waals surface area (Å²) in [6.45, 7) is 2.80. The highest BCUT2D eigenvalue weighted by atomic mass is 16.7. The Balaban J connectivity index is 1.73. The fourth-order valence-corrected chi connectivity index (χ4v) is 10.4. The molecule has 0 aromatic heterocycles. The summed E-state index contributed by atoms with van der Waals surface area (Å²) in [5, 5.41) is 87.1. The average Bonchev–Trinajstić information content (AvgIpc) is 3.41. The van der Waals surface area contributed by atoms with Crippen LogP contribution in [0.1, 0.15) is 264 Å². The smallest absolute Gasteiger partial charge is 0.220 e. The van der Waals surface area contributed by atoms with Crippen LogP contribution in [0.15, 0.2) is 24.3 Å². The minimum absolute atomic E-state index is 0.246. The van der Waals surface area contributed by atoms with E-state index in [2.05, 4.69) is 31.3 Å². The third-order valence-corrected chi connectivity index (χ3v) is 15.4. The third kappa shape index (κ3) is 33.0. The maximum atomic E-state index is 13.2. The van der Waals surface area contributed by atoms with Crippen molar-refractivity contribution in [1.82, 2.24) is 5.32 Å². The summed E-state index contributed by atoms with van der Waals surface area (Å²) in [7, 11) is 0. The highest BCUT2D eigenvalue weighted by Gasteiger charge is 2.51. The van der Waals surface area contributed by atoms with Gasteiger partial charge in [-0.05, 0) is 32.1 Å². The largest absolute Gasteiger partial charge is 0.394 e. The third-order valence-electron chi connectivity index (χ3n) is 15.4. The van der Waals surface area contributed by atoms with E-state index in [0.29, 0.717) is 12.8 Å². The highest BCUT2D eigenvalue weighted by molar-refractivity contribution is 5.76. The summed E-state index contributed by atoms with van der Waals surface area (Å²) in [6.07, 6.45) is 39.5. The zero-order chi connectivity index (χ0) is 54.6. The molecule has 2 rings (SSSR count).